The van der Waals surface area contributed by atoms with Crippen molar-refractivity contribution in [3.8, 4) is 33.9 Å². The van der Waals surface area contributed by atoms with Crippen molar-refractivity contribution in [2.75, 3.05) is 12.1 Å². The summed E-state index contributed by atoms with van der Waals surface area (Å²) in [5.41, 5.74) is 4.19. The fraction of sp³-hybridized carbons (Fsp3) is 0.121. The zero-order chi connectivity index (χ0) is 27.1. The maximum atomic E-state index is 13.9. The summed E-state index contributed by atoms with van der Waals surface area (Å²) in [7, 11) is 0. The molecule has 0 unspecified atom stereocenters. The highest BCUT2D eigenvalue weighted by atomic mass is 32.1. The molecule has 0 bridgehead atoms. The Morgan fingerprint density at radius 3 is 2.20 bits per heavy atom. The summed E-state index contributed by atoms with van der Waals surface area (Å²) >= 11 is 1.21. The first-order valence-electron chi connectivity index (χ1n) is 13.1. The zero-order valence-corrected chi connectivity index (χ0v) is 22.2. The Hall–Kier alpha value is -4.75. The van der Waals surface area contributed by atoms with E-state index in [9.17, 15) is 9.59 Å². The van der Waals surface area contributed by atoms with Crippen molar-refractivity contribution in [2.45, 2.75) is 18.3 Å². The van der Waals surface area contributed by atoms with Crippen LogP contribution in [0.2, 0.25) is 0 Å². The van der Waals surface area contributed by atoms with Gasteiger partial charge in [0.15, 0.2) is 16.6 Å². The first kappa shape index (κ1) is 24.3. The standard InChI is InChI=1S/C33H24N2O4S/c36-29(24-13-7-12-23(18-24)21-8-3-1-4-9-21)30-28(22-10-5-2-6-11-22)34-32(40-30)35-31(37)33(16-17-33)25-14-15-26-27(19-25)39-20-38-26/h1-15,18-19H,16-17,20H2,(H,34,35,37). The normalized spacial score (nSPS) is 14.5. The van der Waals surface area contributed by atoms with Gasteiger partial charge in [-0.3, -0.25) is 9.59 Å². The molecule has 1 aliphatic carbocycles. The van der Waals surface area contributed by atoms with Gasteiger partial charge in [0.05, 0.1) is 11.1 Å². The second kappa shape index (κ2) is 9.77. The molecule has 40 heavy (non-hydrogen) atoms. The van der Waals surface area contributed by atoms with Crippen LogP contribution in [-0.2, 0) is 10.2 Å². The van der Waals surface area contributed by atoms with Gasteiger partial charge < -0.3 is 14.8 Å². The smallest absolute Gasteiger partial charge is 0.236 e. The highest BCUT2D eigenvalue weighted by molar-refractivity contribution is 7.18. The monoisotopic (exact) mass is 544 g/mol. The van der Waals surface area contributed by atoms with Crippen LogP contribution in [0.5, 0.6) is 11.5 Å². The van der Waals surface area contributed by atoms with Gasteiger partial charge in [-0.1, -0.05) is 96.3 Å². The van der Waals surface area contributed by atoms with E-state index in [1.165, 1.54) is 11.3 Å². The molecule has 1 saturated carbocycles. The molecule has 6 nitrogen and oxygen atoms in total. The molecule has 1 fully saturated rings. The van der Waals surface area contributed by atoms with E-state index in [0.717, 1.165) is 35.1 Å². The number of ether oxygens (including phenoxy) is 2. The van der Waals surface area contributed by atoms with Gasteiger partial charge in [0.25, 0.3) is 0 Å². The van der Waals surface area contributed by atoms with Gasteiger partial charge in [0, 0.05) is 11.1 Å². The number of amides is 1. The van der Waals surface area contributed by atoms with E-state index < -0.39 is 5.41 Å². The van der Waals surface area contributed by atoms with Crippen LogP contribution in [0.25, 0.3) is 22.4 Å². The van der Waals surface area contributed by atoms with Gasteiger partial charge in [-0.15, -0.1) is 0 Å². The minimum Gasteiger partial charge on any atom is -0.454 e. The molecule has 1 aliphatic heterocycles. The van der Waals surface area contributed by atoms with Crippen molar-refractivity contribution in [2.24, 2.45) is 0 Å². The van der Waals surface area contributed by atoms with E-state index in [0.29, 0.717) is 32.8 Å². The van der Waals surface area contributed by atoms with E-state index in [2.05, 4.69) is 5.32 Å². The second-order valence-electron chi connectivity index (χ2n) is 9.94. The molecule has 1 amide bonds. The average Bonchev–Trinajstić information content (AvgIpc) is 3.51. The van der Waals surface area contributed by atoms with Crippen LogP contribution in [0.4, 0.5) is 5.13 Å². The number of ketones is 1. The van der Waals surface area contributed by atoms with Gasteiger partial charge in [-0.25, -0.2) is 4.98 Å². The summed E-state index contributed by atoms with van der Waals surface area (Å²) in [5, 5.41) is 3.43. The Balaban J connectivity index is 1.22. The summed E-state index contributed by atoms with van der Waals surface area (Å²) in [4.78, 5) is 32.7. The highest BCUT2D eigenvalue weighted by Crippen LogP contribution is 2.51. The first-order valence-corrected chi connectivity index (χ1v) is 13.9. The number of nitrogens with zero attached hydrogens (tertiary/aromatic N) is 1. The molecular formula is C33H24N2O4S. The van der Waals surface area contributed by atoms with E-state index in [1.807, 2.05) is 103 Å². The lowest BCUT2D eigenvalue weighted by molar-refractivity contribution is -0.118. The van der Waals surface area contributed by atoms with E-state index in [-0.39, 0.29) is 18.5 Å². The lowest BCUT2D eigenvalue weighted by atomic mass is 9.94. The summed E-state index contributed by atoms with van der Waals surface area (Å²) in [6.45, 7) is 0.185. The largest absolute Gasteiger partial charge is 0.454 e. The summed E-state index contributed by atoms with van der Waals surface area (Å²) in [5.74, 6) is 1.08. The third-order valence-corrected chi connectivity index (χ3v) is 8.41. The van der Waals surface area contributed by atoms with Crippen LogP contribution in [0.1, 0.15) is 33.6 Å². The maximum absolute atomic E-state index is 13.9. The van der Waals surface area contributed by atoms with Crippen molar-refractivity contribution in [3.63, 3.8) is 0 Å². The van der Waals surface area contributed by atoms with Crippen molar-refractivity contribution in [3.05, 3.63) is 119 Å². The molecule has 5 aromatic rings. The number of nitrogens with one attached hydrogen (secondary N) is 1. The third kappa shape index (κ3) is 4.34. The summed E-state index contributed by atoms with van der Waals surface area (Å²) in [6, 6.07) is 32.8. The average molecular weight is 545 g/mol. The Morgan fingerprint density at radius 2 is 1.45 bits per heavy atom. The Bertz CT molecular complexity index is 1740. The molecule has 7 heteroatoms. The number of hydrogen-bond donors (Lipinski definition) is 1. The number of thiazole rings is 1. The molecule has 2 heterocycles. The van der Waals surface area contributed by atoms with Crippen molar-refractivity contribution in [1.82, 2.24) is 4.98 Å². The number of rotatable bonds is 7. The topological polar surface area (TPSA) is 77.5 Å². The zero-order valence-electron chi connectivity index (χ0n) is 21.4. The number of aromatic nitrogens is 1. The number of benzene rings is 4. The predicted octanol–water partition coefficient (Wildman–Crippen LogP) is 7.11. The molecule has 0 spiro atoms. The molecule has 0 radical (unpaired) electrons. The number of carbonyl (C=O) groups excluding carboxylic acids is 2. The van der Waals surface area contributed by atoms with Gasteiger partial charge in [0.1, 0.15) is 4.88 Å². The Morgan fingerprint density at radius 1 is 0.750 bits per heavy atom. The van der Waals surface area contributed by atoms with Crippen molar-refractivity contribution >= 4 is 28.2 Å². The quantitative estimate of drug-likeness (QED) is 0.221. The van der Waals surface area contributed by atoms with Gasteiger partial charge in [-0.05, 0) is 47.7 Å². The van der Waals surface area contributed by atoms with E-state index in [4.69, 9.17) is 14.5 Å². The van der Waals surface area contributed by atoms with Gasteiger partial charge >= 0.3 is 0 Å². The number of fused-ring (bicyclic) bond motifs is 1. The van der Waals surface area contributed by atoms with Crippen molar-refractivity contribution < 1.29 is 19.1 Å². The Labute approximate surface area is 235 Å². The number of anilines is 1. The minimum absolute atomic E-state index is 0.133. The number of hydrogen-bond acceptors (Lipinski definition) is 6. The molecule has 4 aromatic carbocycles. The SMILES string of the molecule is O=C(c1cccc(-c2ccccc2)c1)c1sc(NC(=O)C2(c3ccc4c(c3)OCO4)CC2)nc1-c1ccccc1. The molecule has 7 rings (SSSR count). The maximum Gasteiger partial charge on any atom is 0.236 e. The van der Waals surface area contributed by atoms with Crippen LogP contribution >= 0.6 is 11.3 Å². The van der Waals surface area contributed by atoms with Crippen LogP contribution in [0.3, 0.4) is 0 Å². The first-order chi connectivity index (χ1) is 19.6. The van der Waals surface area contributed by atoms with Gasteiger partial charge in [0.2, 0.25) is 18.5 Å². The number of carbonyl (C=O) groups is 2. The Kier molecular flexibility index (Phi) is 5.94. The van der Waals surface area contributed by atoms with Crippen LogP contribution in [-0.4, -0.2) is 23.5 Å². The van der Waals surface area contributed by atoms with Crippen LogP contribution in [0, 0.1) is 0 Å². The molecule has 0 atom stereocenters. The van der Waals surface area contributed by atoms with E-state index in [1.54, 1.807) is 0 Å². The summed E-state index contributed by atoms with van der Waals surface area (Å²) < 4.78 is 11.0. The highest BCUT2D eigenvalue weighted by Gasteiger charge is 2.52. The molecule has 2 aliphatic rings. The van der Waals surface area contributed by atoms with E-state index >= 15 is 0 Å². The minimum atomic E-state index is -0.645. The predicted molar refractivity (Wildman–Crippen MR) is 155 cm³/mol. The fourth-order valence-corrected chi connectivity index (χ4v) is 6.05. The van der Waals surface area contributed by atoms with Crippen LogP contribution in [0.15, 0.2) is 103 Å². The molecule has 1 N–H and O–H groups in total. The molecule has 196 valence electrons. The molecule has 1 aromatic heterocycles. The van der Waals surface area contributed by atoms with Gasteiger partial charge in [-0.2, -0.15) is 0 Å². The lowest BCUT2D eigenvalue weighted by Gasteiger charge is -2.15. The lowest BCUT2D eigenvalue weighted by Crippen LogP contribution is -2.27. The summed E-state index contributed by atoms with van der Waals surface area (Å²) in [6.07, 6.45) is 1.46. The fourth-order valence-electron chi connectivity index (χ4n) is 5.10. The second-order valence-corrected chi connectivity index (χ2v) is 10.9. The van der Waals surface area contributed by atoms with Crippen LogP contribution < -0.4 is 14.8 Å². The van der Waals surface area contributed by atoms with Crippen molar-refractivity contribution in [1.29, 1.82) is 0 Å². The molecule has 0 saturated heterocycles. The third-order valence-electron chi connectivity index (χ3n) is 7.44. The molecular weight excluding hydrogens is 520 g/mol.